The van der Waals surface area contributed by atoms with Gasteiger partial charge in [-0.1, -0.05) is 0 Å². The molecule has 0 atom stereocenters. The third kappa shape index (κ3) is 4.08. The van der Waals surface area contributed by atoms with E-state index in [-0.39, 0.29) is 11.8 Å². The van der Waals surface area contributed by atoms with E-state index in [0.717, 1.165) is 12.0 Å². The molecule has 7 nitrogen and oxygen atoms in total. The highest BCUT2D eigenvalue weighted by Crippen LogP contribution is 2.25. The molecule has 1 aromatic heterocycles. The number of hydrazine groups is 1. The second-order valence-corrected chi connectivity index (χ2v) is 5.92. The Morgan fingerprint density at radius 3 is 2.48 bits per heavy atom. The van der Waals surface area contributed by atoms with E-state index in [0.29, 0.717) is 30.2 Å². The number of amides is 2. The highest BCUT2D eigenvalue weighted by Gasteiger charge is 2.30. The summed E-state index contributed by atoms with van der Waals surface area (Å²) < 4.78 is 10.5. The van der Waals surface area contributed by atoms with Crippen molar-refractivity contribution in [3.63, 3.8) is 0 Å². The summed E-state index contributed by atoms with van der Waals surface area (Å²) in [6, 6.07) is 8.62. The number of hydrogen-bond donors (Lipinski definition) is 0. The molecule has 0 aliphatic carbocycles. The third-order valence-corrected chi connectivity index (χ3v) is 4.29. The molecule has 0 spiro atoms. The van der Waals surface area contributed by atoms with E-state index >= 15 is 0 Å². The predicted molar refractivity (Wildman–Crippen MR) is 100 cm³/mol. The molecular weight excluding hydrogens is 346 g/mol. The Bertz CT molecular complexity index is 852. The Morgan fingerprint density at radius 2 is 1.78 bits per heavy atom. The van der Waals surface area contributed by atoms with Crippen LogP contribution in [0, 0.1) is 0 Å². The van der Waals surface area contributed by atoms with Crippen molar-refractivity contribution in [1.29, 1.82) is 0 Å². The van der Waals surface area contributed by atoms with E-state index in [4.69, 9.17) is 9.47 Å². The Hall–Kier alpha value is -3.35. The number of ether oxygens (including phenoxy) is 2. The number of carbonyl (C=O) groups excluding carboxylic acids is 2. The summed E-state index contributed by atoms with van der Waals surface area (Å²) in [4.78, 5) is 29.3. The Kier molecular flexibility index (Phi) is 5.71. The number of aromatic nitrogens is 1. The van der Waals surface area contributed by atoms with Crippen LogP contribution in [0.25, 0.3) is 6.08 Å². The minimum Gasteiger partial charge on any atom is -0.497 e. The molecule has 3 rings (SSSR count). The lowest BCUT2D eigenvalue weighted by molar-refractivity contribution is -0.134. The first-order valence-electron chi connectivity index (χ1n) is 8.57. The molecule has 1 aliphatic rings. The van der Waals surface area contributed by atoms with Crippen molar-refractivity contribution in [2.24, 2.45) is 0 Å². The van der Waals surface area contributed by atoms with E-state index in [1.54, 1.807) is 63.0 Å². The largest absolute Gasteiger partial charge is 0.497 e. The minimum atomic E-state index is -0.264. The highest BCUT2D eigenvalue weighted by molar-refractivity contribution is 5.98. The molecule has 0 radical (unpaired) electrons. The van der Waals surface area contributed by atoms with Gasteiger partial charge in [-0.15, -0.1) is 0 Å². The first-order chi connectivity index (χ1) is 13.1. The van der Waals surface area contributed by atoms with Gasteiger partial charge in [0.2, 0.25) is 0 Å². The van der Waals surface area contributed by atoms with Crippen LogP contribution in [0.5, 0.6) is 11.5 Å². The monoisotopic (exact) mass is 367 g/mol. The summed E-state index contributed by atoms with van der Waals surface area (Å²) in [5.74, 6) is 0.819. The van der Waals surface area contributed by atoms with Gasteiger partial charge in [-0.05, 0) is 42.8 Å². The van der Waals surface area contributed by atoms with Crippen molar-refractivity contribution in [3.8, 4) is 11.5 Å². The van der Waals surface area contributed by atoms with Crippen molar-refractivity contribution in [1.82, 2.24) is 15.0 Å². The van der Waals surface area contributed by atoms with Crippen LogP contribution in [0.15, 0.2) is 48.8 Å². The fourth-order valence-corrected chi connectivity index (χ4v) is 2.91. The predicted octanol–water partition coefficient (Wildman–Crippen LogP) is 2.40. The standard InChI is InChI=1S/C20H21N3O4/c1-26-17-5-6-18(27-2)16(14-17)4-7-19(24)22-12-3-13-23(22)20(25)15-8-10-21-11-9-15/h4-11,14H,3,12-13H2,1-2H3. The number of benzene rings is 1. The van der Waals surface area contributed by atoms with Crippen LogP contribution in [-0.2, 0) is 4.79 Å². The van der Waals surface area contributed by atoms with Crippen molar-refractivity contribution in [2.45, 2.75) is 6.42 Å². The van der Waals surface area contributed by atoms with Crippen LogP contribution in [0.4, 0.5) is 0 Å². The third-order valence-electron chi connectivity index (χ3n) is 4.29. The number of pyridine rings is 1. The topological polar surface area (TPSA) is 72.0 Å². The van der Waals surface area contributed by atoms with E-state index in [1.807, 2.05) is 0 Å². The van der Waals surface area contributed by atoms with Crippen molar-refractivity contribution in [2.75, 3.05) is 27.3 Å². The molecule has 1 aromatic carbocycles. The van der Waals surface area contributed by atoms with E-state index in [9.17, 15) is 9.59 Å². The Labute approximate surface area is 157 Å². The van der Waals surface area contributed by atoms with E-state index < -0.39 is 0 Å². The number of rotatable bonds is 5. The molecule has 0 saturated carbocycles. The Morgan fingerprint density at radius 1 is 1.04 bits per heavy atom. The number of carbonyl (C=O) groups is 2. The van der Waals surface area contributed by atoms with Crippen LogP contribution in [0.2, 0.25) is 0 Å². The summed E-state index contributed by atoms with van der Waals surface area (Å²) in [5.41, 5.74) is 1.22. The maximum atomic E-state index is 12.7. The summed E-state index contributed by atoms with van der Waals surface area (Å²) >= 11 is 0. The Balaban J connectivity index is 1.77. The van der Waals surface area contributed by atoms with Crippen molar-refractivity contribution >= 4 is 17.9 Å². The van der Waals surface area contributed by atoms with Gasteiger partial charge in [-0.3, -0.25) is 14.6 Å². The quantitative estimate of drug-likeness (QED) is 0.759. The molecular formula is C20H21N3O4. The highest BCUT2D eigenvalue weighted by atomic mass is 16.5. The van der Waals surface area contributed by atoms with Gasteiger partial charge in [0.15, 0.2) is 0 Å². The van der Waals surface area contributed by atoms with Gasteiger partial charge in [-0.25, -0.2) is 10.0 Å². The molecule has 7 heteroatoms. The molecule has 27 heavy (non-hydrogen) atoms. The van der Waals surface area contributed by atoms with Gasteiger partial charge in [0, 0.05) is 42.7 Å². The van der Waals surface area contributed by atoms with Gasteiger partial charge in [0.1, 0.15) is 11.5 Å². The SMILES string of the molecule is COc1ccc(OC)c(C=CC(=O)N2CCCN2C(=O)c2ccncc2)c1. The van der Waals surface area contributed by atoms with Crippen LogP contribution < -0.4 is 9.47 Å². The van der Waals surface area contributed by atoms with E-state index in [1.165, 1.54) is 16.1 Å². The van der Waals surface area contributed by atoms with Crippen molar-refractivity contribution in [3.05, 3.63) is 59.9 Å². The molecule has 2 amide bonds. The zero-order chi connectivity index (χ0) is 19.2. The fraction of sp³-hybridized carbons (Fsp3) is 0.250. The normalized spacial score (nSPS) is 13.9. The summed E-state index contributed by atoms with van der Waals surface area (Å²) in [6.45, 7) is 0.998. The van der Waals surface area contributed by atoms with Gasteiger partial charge in [0.05, 0.1) is 14.2 Å². The first-order valence-corrected chi connectivity index (χ1v) is 8.57. The second kappa shape index (κ2) is 8.35. The van der Waals surface area contributed by atoms with Crippen LogP contribution in [-0.4, -0.2) is 54.1 Å². The summed E-state index contributed by atoms with van der Waals surface area (Å²) in [7, 11) is 3.14. The molecule has 0 N–H and O–H groups in total. The number of nitrogens with zero attached hydrogens (tertiary/aromatic N) is 3. The molecule has 140 valence electrons. The zero-order valence-electron chi connectivity index (χ0n) is 15.3. The average molecular weight is 367 g/mol. The van der Waals surface area contributed by atoms with Crippen molar-refractivity contribution < 1.29 is 19.1 Å². The van der Waals surface area contributed by atoms with Gasteiger partial charge in [-0.2, -0.15) is 0 Å². The maximum Gasteiger partial charge on any atom is 0.272 e. The van der Waals surface area contributed by atoms with Crippen LogP contribution >= 0.6 is 0 Å². The lowest BCUT2D eigenvalue weighted by Gasteiger charge is -2.26. The molecule has 2 aromatic rings. The maximum absolute atomic E-state index is 12.7. The number of methoxy groups -OCH3 is 2. The van der Waals surface area contributed by atoms with Crippen LogP contribution in [0.3, 0.4) is 0 Å². The average Bonchev–Trinajstić information content (AvgIpc) is 3.21. The molecule has 0 unspecified atom stereocenters. The summed E-state index contributed by atoms with van der Waals surface area (Å²) in [6.07, 6.45) is 6.96. The molecule has 1 saturated heterocycles. The lowest BCUT2D eigenvalue weighted by atomic mass is 10.1. The second-order valence-electron chi connectivity index (χ2n) is 5.92. The molecule has 2 heterocycles. The van der Waals surface area contributed by atoms with E-state index in [2.05, 4.69) is 4.98 Å². The lowest BCUT2D eigenvalue weighted by Crippen LogP contribution is -2.44. The first kappa shape index (κ1) is 18.4. The fourth-order valence-electron chi connectivity index (χ4n) is 2.91. The zero-order valence-corrected chi connectivity index (χ0v) is 15.3. The molecule has 0 bridgehead atoms. The van der Waals surface area contributed by atoms with Gasteiger partial charge < -0.3 is 9.47 Å². The number of hydrogen-bond acceptors (Lipinski definition) is 5. The van der Waals surface area contributed by atoms with Crippen LogP contribution in [0.1, 0.15) is 22.3 Å². The van der Waals surface area contributed by atoms with Gasteiger partial charge >= 0.3 is 0 Å². The van der Waals surface area contributed by atoms with Gasteiger partial charge in [0.25, 0.3) is 11.8 Å². The molecule has 1 aliphatic heterocycles. The minimum absolute atomic E-state index is 0.212. The molecule has 1 fully saturated rings. The smallest absolute Gasteiger partial charge is 0.272 e. The summed E-state index contributed by atoms with van der Waals surface area (Å²) in [5, 5.41) is 2.94.